The number of hydrogen-bond donors (Lipinski definition) is 2. The number of carbonyl (C=O) groups is 1. The number of carbonyl (C=O) groups excluding carboxylic acids is 1. The van der Waals surface area contributed by atoms with E-state index >= 15 is 0 Å². The second kappa shape index (κ2) is 8.48. The molecule has 0 aliphatic carbocycles. The molecule has 0 heterocycles. The Morgan fingerprint density at radius 2 is 1.69 bits per heavy atom. The van der Waals surface area contributed by atoms with Crippen LogP contribution in [-0.4, -0.2) is 17.2 Å². The minimum atomic E-state index is -0.316. The standard InChI is InChI=1S/C21H18N2O3/c24-20-13-19(26-15-16-7-3-1-4-8-16)12-11-18(20)14-22-23-21(25)17-9-5-2-6-10-17/h1-14,24H,15H2,(H,23,25)/b22-14+. The van der Waals surface area contributed by atoms with E-state index in [0.717, 1.165) is 5.56 Å². The summed E-state index contributed by atoms with van der Waals surface area (Å²) in [5.74, 6) is 0.259. The summed E-state index contributed by atoms with van der Waals surface area (Å²) in [5.41, 5.74) is 4.46. The molecule has 0 unspecified atom stereocenters. The molecular formula is C21H18N2O3. The molecule has 0 radical (unpaired) electrons. The first-order valence-corrected chi connectivity index (χ1v) is 8.10. The third-order valence-electron chi connectivity index (χ3n) is 3.66. The molecule has 5 nitrogen and oxygen atoms in total. The highest BCUT2D eigenvalue weighted by atomic mass is 16.5. The van der Waals surface area contributed by atoms with Gasteiger partial charge in [0.15, 0.2) is 0 Å². The van der Waals surface area contributed by atoms with Crippen LogP contribution in [0.25, 0.3) is 0 Å². The zero-order chi connectivity index (χ0) is 18.2. The Balaban J connectivity index is 1.58. The first-order chi connectivity index (χ1) is 12.7. The van der Waals surface area contributed by atoms with Crippen LogP contribution >= 0.6 is 0 Å². The first-order valence-electron chi connectivity index (χ1n) is 8.10. The van der Waals surface area contributed by atoms with Crippen LogP contribution in [0.15, 0.2) is 84.0 Å². The number of amides is 1. The molecule has 0 saturated heterocycles. The zero-order valence-corrected chi connectivity index (χ0v) is 14.0. The molecular weight excluding hydrogens is 328 g/mol. The SMILES string of the molecule is O=C(N/N=C/c1ccc(OCc2ccccc2)cc1O)c1ccccc1. The van der Waals surface area contributed by atoms with Crippen molar-refractivity contribution in [3.63, 3.8) is 0 Å². The zero-order valence-electron chi connectivity index (χ0n) is 14.0. The van der Waals surface area contributed by atoms with Gasteiger partial charge in [-0.15, -0.1) is 0 Å². The summed E-state index contributed by atoms with van der Waals surface area (Å²) in [6.45, 7) is 0.418. The molecule has 0 fully saturated rings. The molecule has 0 aromatic heterocycles. The fraction of sp³-hybridized carbons (Fsp3) is 0.0476. The van der Waals surface area contributed by atoms with E-state index in [1.54, 1.807) is 36.4 Å². The number of phenols is 1. The Labute approximate surface area is 151 Å². The van der Waals surface area contributed by atoms with Crippen molar-refractivity contribution in [2.45, 2.75) is 6.61 Å². The van der Waals surface area contributed by atoms with Gasteiger partial charge in [0.25, 0.3) is 5.91 Å². The highest BCUT2D eigenvalue weighted by Crippen LogP contribution is 2.23. The Morgan fingerprint density at radius 1 is 1.00 bits per heavy atom. The Kier molecular flexibility index (Phi) is 5.62. The van der Waals surface area contributed by atoms with Gasteiger partial charge in [0, 0.05) is 17.2 Å². The molecule has 26 heavy (non-hydrogen) atoms. The summed E-state index contributed by atoms with van der Waals surface area (Å²) in [6, 6.07) is 23.5. The third kappa shape index (κ3) is 4.70. The van der Waals surface area contributed by atoms with Gasteiger partial charge in [-0.3, -0.25) is 4.79 Å². The van der Waals surface area contributed by atoms with Gasteiger partial charge in [-0.25, -0.2) is 5.43 Å². The van der Waals surface area contributed by atoms with Crippen LogP contribution < -0.4 is 10.2 Å². The lowest BCUT2D eigenvalue weighted by Crippen LogP contribution is -2.17. The van der Waals surface area contributed by atoms with Crippen LogP contribution in [0.2, 0.25) is 0 Å². The number of aromatic hydroxyl groups is 1. The summed E-state index contributed by atoms with van der Waals surface area (Å²) in [7, 11) is 0. The van der Waals surface area contributed by atoms with Gasteiger partial charge < -0.3 is 9.84 Å². The first kappa shape index (κ1) is 17.2. The summed E-state index contributed by atoms with van der Waals surface area (Å²) >= 11 is 0. The minimum Gasteiger partial charge on any atom is -0.507 e. The van der Waals surface area contributed by atoms with Gasteiger partial charge in [-0.05, 0) is 29.8 Å². The summed E-state index contributed by atoms with van der Waals surface area (Å²) in [4.78, 5) is 11.9. The molecule has 0 saturated carbocycles. The van der Waals surface area contributed by atoms with Crippen molar-refractivity contribution in [1.29, 1.82) is 0 Å². The highest BCUT2D eigenvalue weighted by molar-refractivity contribution is 5.95. The number of ether oxygens (including phenoxy) is 1. The van der Waals surface area contributed by atoms with Gasteiger partial charge in [-0.2, -0.15) is 5.10 Å². The van der Waals surface area contributed by atoms with E-state index in [9.17, 15) is 9.90 Å². The summed E-state index contributed by atoms with van der Waals surface area (Å²) < 4.78 is 5.65. The maximum Gasteiger partial charge on any atom is 0.271 e. The van der Waals surface area contributed by atoms with Crippen LogP contribution in [0, 0.1) is 0 Å². The second-order valence-electron chi connectivity index (χ2n) is 5.56. The van der Waals surface area contributed by atoms with Crippen molar-refractivity contribution in [2.24, 2.45) is 5.10 Å². The minimum absolute atomic E-state index is 0.0215. The fourth-order valence-electron chi connectivity index (χ4n) is 2.28. The van der Waals surface area contributed by atoms with Gasteiger partial charge in [0.05, 0.1) is 6.21 Å². The number of hydrogen-bond acceptors (Lipinski definition) is 4. The Hall–Kier alpha value is -3.60. The Bertz CT molecular complexity index is 894. The molecule has 3 aromatic carbocycles. The van der Waals surface area contributed by atoms with E-state index in [-0.39, 0.29) is 11.7 Å². The molecule has 3 rings (SSSR count). The van der Waals surface area contributed by atoms with Gasteiger partial charge in [-0.1, -0.05) is 48.5 Å². The number of nitrogens with zero attached hydrogens (tertiary/aromatic N) is 1. The average molecular weight is 346 g/mol. The van der Waals surface area contributed by atoms with E-state index in [1.165, 1.54) is 12.3 Å². The maximum absolute atomic E-state index is 11.9. The Morgan fingerprint density at radius 3 is 2.38 bits per heavy atom. The molecule has 0 atom stereocenters. The van der Waals surface area contributed by atoms with Gasteiger partial charge in [0.2, 0.25) is 0 Å². The van der Waals surface area contributed by atoms with Crippen LogP contribution in [0.1, 0.15) is 21.5 Å². The third-order valence-corrected chi connectivity index (χ3v) is 3.66. The van der Waals surface area contributed by atoms with E-state index < -0.39 is 0 Å². The smallest absolute Gasteiger partial charge is 0.271 e. The number of phenolic OH excluding ortho intramolecular Hbond substituents is 1. The lowest BCUT2D eigenvalue weighted by Gasteiger charge is -2.07. The lowest BCUT2D eigenvalue weighted by molar-refractivity contribution is 0.0955. The monoisotopic (exact) mass is 346 g/mol. The number of nitrogens with one attached hydrogen (secondary N) is 1. The molecule has 130 valence electrons. The predicted molar refractivity (Wildman–Crippen MR) is 100 cm³/mol. The van der Waals surface area contributed by atoms with Crippen molar-refractivity contribution in [1.82, 2.24) is 5.43 Å². The molecule has 1 amide bonds. The van der Waals surface area contributed by atoms with Gasteiger partial charge >= 0.3 is 0 Å². The van der Waals surface area contributed by atoms with Crippen LogP contribution in [0.3, 0.4) is 0 Å². The number of rotatable bonds is 6. The van der Waals surface area contributed by atoms with Crippen LogP contribution in [0.4, 0.5) is 0 Å². The van der Waals surface area contributed by atoms with Crippen molar-refractivity contribution >= 4 is 12.1 Å². The summed E-state index contributed by atoms with van der Waals surface area (Å²) in [6.07, 6.45) is 1.39. The number of hydrazone groups is 1. The van der Waals surface area contributed by atoms with Crippen LogP contribution in [-0.2, 0) is 6.61 Å². The molecule has 0 spiro atoms. The largest absolute Gasteiger partial charge is 0.507 e. The highest BCUT2D eigenvalue weighted by Gasteiger charge is 2.04. The molecule has 2 N–H and O–H groups in total. The van der Waals surface area contributed by atoms with Crippen molar-refractivity contribution < 1.29 is 14.6 Å². The molecule has 0 aliphatic heterocycles. The molecule has 0 aliphatic rings. The molecule has 0 bridgehead atoms. The lowest BCUT2D eigenvalue weighted by atomic mass is 10.2. The second-order valence-corrected chi connectivity index (χ2v) is 5.56. The van der Waals surface area contributed by atoms with Crippen LogP contribution in [0.5, 0.6) is 11.5 Å². The van der Waals surface area contributed by atoms with Crippen molar-refractivity contribution in [3.8, 4) is 11.5 Å². The van der Waals surface area contributed by atoms with E-state index in [0.29, 0.717) is 23.5 Å². The molecule has 3 aromatic rings. The van der Waals surface area contributed by atoms with Crippen molar-refractivity contribution in [3.05, 3.63) is 95.6 Å². The normalized spacial score (nSPS) is 10.6. The number of benzene rings is 3. The fourth-order valence-corrected chi connectivity index (χ4v) is 2.28. The van der Waals surface area contributed by atoms with Gasteiger partial charge in [0.1, 0.15) is 18.1 Å². The molecule has 5 heteroatoms. The topological polar surface area (TPSA) is 70.9 Å². The maximum atomic E-state index is 11.9. The van der Waals surface area contributed by atoms with E-state index in [4.69, 9.17) is 4.74 Å². The quantitative estimate of drug-likeness (QED) is 0.528. The van der Waals surface area contributed by atoms with Crippen molar-refractivity contribution in [2.75, 3.05) is 0 Å². The predicted octanol–water partition coefficient (Wildman–Crippen LogP) is 3.74. The average Bonchev–Trinajstić information content (AvgIpc) is 2.69. The summed E-state index contributed by atoms with van der Waals surface area (Å²) in [5, 5.41) is 14.0. The van der Waals surface area contributed by atoms with E-state index in [1.807, 2.05) is 36.4 Å². The van der Waals surface area contributed by atoms with E-state index in [2.05, 4.69) is 10.5 Å².